The number of fused-ring (bicyclic) bond motifs is 1. The molecule has 3 amide bonds. The summed E-state index contributed by atoms with van der Waals surface area (Å²) in [5.41, 5.74) is 2.63. The predicted octanol–water partition coefficient (Wildman–Crippen LogP) is 1.04. The van der Waals surface area contributed by atoms with Gasteiger partial charge < -0.3 is 20.1 Å². The molecule has 1 saturated heterocycles. The van der Waals surface area contributed by atoms with E-state index in [1.165, 1.54) is 4.90 Å². The van der Waals surface area contributed by atoms with Crippen LogP contribution in [-0.4, -0.2) is 64.7 Å². The molecule has 2 aliphatic rings. The van der Waals surface area contributed by atoms with Crippen molar-refractivity contribution in [2.24, 2.45) is 0 Å². The smallest absolute Gasteiger partial charge is 0.312 e. The van der Waals surface area contributed by atoms with Crippen LogP contribution >= 0.6 is 0 Å². The van der Waals surface area contributed by atoms with Gasteiger partial charge in [-0.05, 0) is 37.5 Å². The SMILES string of the molecule is Cc1ccc2cc(C(=O)N3CCN(C(=O)C(=O)NC4CC4)CC3)[nH]c2c1. The van der Waals surface area contributed by atoms with Crippen LogP contribution in [0.1, 0.15) is 28.9 Å². The maximum Gasteiger partial charge on any atom is 0.312 e. The third-order valence-electron chi connectivity index (χ3n) is 4.97. The molecule has 136 valence electrons. The van der Waals surface area contributed by atoms with E-state index in [9.17, 15) is 14.4 Å². The van der Waals surface area contributed by atoms with Crippen LogP contribution in [0.4, 0.5) is 0 Å². The zero-order valence-electron chi connectivity index (χ0n) is 14.7. The number of benzene rings is 1. The number of carbonyl (C=O) groups is 3. The highest BCUT2D eigenvalue weighted by molar-refractivity contribution is 6.35. The Labute approximate surface area is 151 Å². The lowest BCUT2D eigenvalue weighted by Gasteiger charge is -2.34. The van der Waals surface area contributed by atoms with Gasteiger partial charge >= 0.3 is 11.8 Å². The van der Waals surface area contributed by atoms with Crippen molar-refractivity contribution in [3.63, 3.8) is 0 Å². The first-order valence-electron chi connectivity index (χ1n) is 9.00. The molecule has 1 saturated carbocycles. The largest absolute Gasteiger partial charge is 0.351 e. The van der Waals surface area contributed by atoms with Gasteiger partial charge in [0.25, 0.3) is 5.91 Å². The second kappa shape index (κ2) is 6.48. The van der Waals surface area contributed by atoms with Crippen LogP contribution in [0.25, 0.3) is 10.9 Å². The summed E-state index contributed by atoms with van der Waals surface area (Å²) in [5.74, 6) is -1.10. The van der Waals surface area contributed by atoms with E-state index in [1.807, 2.05) is 31.2 Å². The van der Waals surface area contributed by atoms with Crippen molar-refractivity contribution in [3.8, 4) is 0 Å². The average Bonchev–Trinajstić information content (AvgIpc) is 3.36. The Morgan fingerprint density at radius 1 is 1.04 bits per heavy atom. The molecule has 2 heterocycles. The van der Waals surface area contributed by atoms with Crippen LogP contribution in [0.5, 0.6) is 0 Å². The van der Waals surface area contributed by atoms with Crippen LogP contribution in [-0.2, 0) is 9.59 Å². The highest BCUT2D eigenvalue weighted by atomic mass is 16.2. The molecule has 0 bridgehead atoms. The van der Waals surface area contributed by atoms with Crippen molar-refractivity contribution in [1.29, 1.82) is 0 Å². The zero-order valence-corrected chi connectivity index (χ0v) is 14.7. The third kappa shape index (κ3) is 3.29. The van der Waals surface area contributed by atoms with Gasteiger partial charge in [-0.25, -0.2) is 0 Å². The summed E-state index contributed by atoms with van der Waals surface area (Å²) in [6.45, 7) is 3.62. The standard InChI is InChI=1S/C19H22N4O3/c1-12-2-3-13-11-16(21-15(13)10-12)18(25)22-6-8-23(9-7-22)19(26)17(24)20-14-4-5-14/h2-3,10-11,14,21H,4-9H2,1H3,(H,20,24). The van der Waals surface area contributed by atoms with Gasteiger partial charge in [-0.15, -0.1) is 0 Å². The summed E-state index contributed by atoms with van der Waals surface area (Å²) in [5, 5.41) is 3.72. The molecular formula is C19H22N4O3. The molecule has 7 heteroatoms. The molecule has 0 atom stereocenters. The molecule has 0 radical (unpaired) electrons. The molecule has 2 N–H and O–H groups in total. The second-order valence-corrected chi connectivity index (χ2v) is 7.11. The molecule has 7 nitrogen and oxygen atoms in total. The van der Waals surface area contributed by atoms with Gasteiger partial charge in [-0.2, -0.15) is 0 Å². The molecule has 2 aromatic rings. The molecule has 1 aliphatic carbocycles. The summed E-state index contributed by atoms with van der Waals surface area (Å²) in [4.78, 5) is 43.2. The van der Waals surface area contributed by atoms with Crippen LogP contribution in [0.3, 0.4) is 0 Å². The lowest BCUT2D eigenvalue weighted by molar-refractivity contribution is -0.146. The van der Waals surface area contributed by atoms with Crippen LogP contribution in [0.15, 0.2) is 24.3 Å². The van der Waals surface area contributed by atoms with Crippen LogP contribution in [0, 0.1) is 6.92 Å². The maximum atomic E-state index is 12.7. The Kier molecular flexibility index (Phi) is 4.14. The highest BCUT2D eigenvalue weighted by Crippen LogP contribution is 2.20. The van der Waals surface area contributed by atoms with E-state index >= 15 is 0 Å². The Morgan fingerprint density at radius 3 is 2.42 bits per heavy atom. The van der Waals surface area contributed by atoms with E-state index in [1.54, 1.807) is 4.90 Å². The number of piperazine rings is 1. The fraction of sp³-hybridized carbons (Fsp3) is 0.421. The molecule has 26 heavy (non-hydrogen) atoms. The normalized spacial score (nSPS) is 17.4. The summed E-state index contributed by atoms with van der Waals surface area (Å²) < 4.78 is 0. The fourth-order valence-electron chi connectivity index (χ4n) is 3.26. The summed E-state index contributed by atoms with van der Waals surface area (Å²) in [7, 11) is 0. The summed E-state index contributed by atoms with van der Waals surface area (Å²) in [6, 6.07) is 8.05. The van der Waals surface area contributed by atoms with Gasteiger partial charge in [0.05, 0.1) is 0 Å². The molecule has 1 aromatic carbocycles. The van der Waals surface area contributed by atoms with Crippen LogP contribution in [0.2, 0.25) is 0 Å². The molecular weight excluding hydrogens is 332 g/mol. The minimum atomic E-state index is -0.529. The van der Waals surface area contributed by atoms with Gasteiger partial charge in [0.1, 0.15) is 5.69 Å². The number of hydrogen-bond donors (Lipinski definition) is 2. The van der Waals surface area contributed by atoms with E-state index in [0.717, 1.165) is 29.3 Å². The number of hydrogen-bond acceptors (Lipinski definition) is 3. The summed E-state index contributed by atoms with van der Waals surface area (Å²) in [6.07, 6.45) is 1.90. The molecule has 2 fully saturated rings. The van der Waals surface area contributed by atoms with Gasteiger partial charge in [0.15, 0.2) is 0 Å². The van der Waals surface area contributed by atoms with E-state index in [0.29, 0.717) is 31.9 Å². The summed E-state index contributed by atoms with van der Waals surface area (Å²) >= 11 is 0. The van der Waals surface area contributed by atoms with Gasteiger partial charge in [0.2, 0.25) is 0 Å². The third-order valence-corrected chi connectivity index (χ3v) is 4.97. The van der Waals surface area contributed by atoms with Crippen molar-refractivity contribution < 1.29 is 14.4 Å². The Bertz CT molecular complexity index is 876. The van der Waals surface area contributed by atoms with E-state index in [2.05, 4.69) is 10.3 Å². The van der Waals surface area contributed by atoms with E-state index in [4.69, 9.17) is 0 Å². The molecule has 4 rings (SSSR count). The predicted molar refractivity (Wildman–Crippen MR) is 96.7 cm³/mol. The number of H-pyrrole nitrogens is 1. The molecule has 0 unspecified atom stereocenters. The number of rotatable bonds is 2. The second-order valence-electron chi connectivity index (χ2n) is 7.11. The molecule has 0 spiro atoms. The Balaban J connectivity index is 1.38. The highest BCUT2D eigenvalue weighted by Gasteiger charge is 2.31. The number of amides is 3. The van der Waals surface area contributed by atoms with Crippen molar-refractivity contribution in [2.45, 2.75) is 25.8 Å². The number of aryl methyl sites for hydroxylation is 1. The van der Waals surface area contributed by atoms with Gasteiger partial charge in [-0.1, -0.05) is 12.1 Å². The fourth-order valence-corrected chi connectivity index (χ4v) is 3.26. The Hall–Kier alpha value is -2.83. The number of aromatic amines is 1. The monoisotopic (exact) mass is 354 g/mol. The average molecular weight is 354 g/mol. The number of aromatic nitrogens is 1. The van der Waals surface area contributed by atoms with Gasteiger partial charge in [-0.3, -0.25) is 14.4 Å². The van der Waals surface area contributed by atoms with Crippen molar-refractivity contribution in [1.82, 2.24) is 20.1 Å². The van der Waals surface area contributed by atoms with E-state index in [-0.39, 0.29) is 11.9 Å². The first-order valence-corrected chi connectivity index (χ1v) is 9.00. The number of nitrogens with one attached hydrogen (secondary N) is 2. The van der Waals surface area contributed by atoms with Crippen molar-refractivity contribution in [2.75, 3.05) is 26.2 Å². The van der Waals surface area contributed by atoms with E-state index < -0.39 is 11.8 Å². The lowest BCUT2D eigenvalue weighted by Crippen LogP contribution is -2.54. The minimum Gasteiger partial charge on any atom is -0.351 e. The van der Waals surface area contributed by atoms with Gasteiger partial charge in [0, 0.05) is 43.1 Å². The zero-order chi connectivity index (χ0) is 18.3. The topological polar surface area (TPSA) is 85.5 Å². The Morgan fingerprint density at radius 2 is 1.73 bits per heavy atom. The minimum absolute atomic E-state index is 0.0756. The number of nitrogens with zero attached hydrogens (tertiary/aromatic N) is 2. The number of carbonyl (C=O) groups excluding carboxylic acids is 3. The van der Waals surface area contributed by atoms with Crippen LogP contribution < -0.4 is 5.32 Å². The first-order chi connectivity index (χ1) is 12.5. The molecule has 1 aliphatic heterocycles. The lowest BCUT2D eigenvalue weighted by atomic mass is 10.2. The van der Waals surface area contributed by atoms with Crippen molar-refractivity contribution in [3.05, 3.63) is 35.5 Å². The molecule has 1 aromatic heterocycles. The maximum absolute atomic E-state index is 12.7. The first kappa shape index (κ1) is 16.6. The van der Waals surface area contributed by atoms with Crippen molar-refractivity contribution >= 4 is 28.6 Å². The quantitative estimate of drug-likeness (QED) is 0.790.